The summed E-state index contributed by atoms with van der Waals surface area (Å²) in [6.07, 6.45) is 5.22. The maximum Gasteiger partial charge on any atom is 0.258 e. The molecule has 146 valence electrons. The van der Waals surface area contributed by atoms with Gasteiger partial charge in [-0.25, -0.2) is 9.97 Å². The standard InChI is InChI=1S/C21H19N5O2S/c1-13(23-14(2)27)15-3-5-16(6-4-15)18-12-29-21(24-18)25-20(28)17-7-8-19-22-9-10-26(19)11-17/h3-13H,1-2H3,(H,23,27)(H,24,25,28). The van der Waals surface area contributed by atoms with Crippen LogP contribution in [-0.4, -0.2) is 26.2 Å². The van der Waals surface area contributed by atoms with Crippen molar-refractivity contribution >= 4 is 33.9 Å². The lowest BCUT2D eigenvalue weighted by atomic mass is 10.1. The number of carbonyl (C=O) groups is 2. The Bertz CT molecular complexity index is 1180. The number of nitrogens with zero attached hydrogens (tertiary/aromatic N) is 3. The molecule has 1 unspecified atom stereocenters. The molecule has 3 aromatic heterocycles. The van der Waals surface area contributed by atoms with Crippen LogP contribution in [0.2, 0.25) is 0 Å². The monoisotopic (exact) mass is 405 g/mol. The highest BCUT2D eigenvalue weighted by molar-refractivity contribution is 7.14. The van der Waals surface area contributed by atoms with Crippen molar-refractivity contribution < 1.29 is 9.59 Å². The predicted molar refractivity (Wildman–Crippen MR) is 113 cm³/mol. The quantitative estimate of drug-likeness (QED) is 0.527. The first-order valence-electron chi connectivity index (χ1n) is 9.06. The molecule has 0 saturated carbocycles. The van der Waals surface area contributed by atoms with Crippen LogP contribution in [0, 0.1) is 0 Å². The number of benzene rings is 1. The van der Waals surface area contributed by atoms with Crippen LogP contribution in [0.3, 0.4) is 0 Å². The summed E-state index contributed by atoms with van der Waals surface area (Å²) in [7, 11) is 0. The smallest absolute Gasteiger partial charge is 0.258 e. The van der Waals surface area contributed by atoms with Crippen LogP contribution in [0.1, 0.15) is 35.8 Å². The van der Waals surface area contributed by atoms with Crippen LogP contribution in [0.15, 0.2) is 60.4 Å². The molecular formula is C21H19N5O2S. The maximum absolute atomic E-state index is 12.5. The summed E-state index contributed by atoms with van der Waals surface area (Å²) in [5, 5.41) is 8.14. The minimum Gasteiger partial charge on any atom is -0.350 e. The molecule has 7 nitrogen and oxygen atoms in total. The molecule has 2 N–H and O–H groups in total. The van der Waals surface area contributed by atoms with E-state index >= 15 is 0 Å². The number of hydrogen-bond donors (Lipinski definition) is 2. The molecule has 0 aliphatic heterocycles. The largest absolute Gasteiger partial charge is 0.350 e. The van der Waals surface area contributed by atoms with E-state index in [1.807, 2.05) is 36.6 Å². The van der Waals surface area contributed by atoms with Crippen molar-refractivity contribution in [1.82, 2.24) is 19.7 Å². The van der Waals surface area contributed by atoms with E-state index in [1.54, 1.807) is 35.1 Å². The number of anilines is 1. The van der Waals surface area contributed by atoms with Gasteiger partial charge in [-0.05, 0) is 24.6 Å². The molecule has 4 rings (SSSR count). The minimum atomic E-state index is -0.221. The van der Waals surface area contributed by atoms with Gasteiger partial charge >= 0.3 is 0 Å². The number of rotatable bonds is 5. The Labute approximate surface area is 171 Å². The van der Waals surface area contributed by atoms with Gasteiger partial charge in [0, 0.05) is 36.5 Å². The van der Waals surface area contributed by atoms with Crippen LogP contribution in [0.4, 0.5) is 5.13 Å². The summed E-state index contributed by atoms with van der Waals surface area (Å²) >= 11 is 1.37. The van der Waals surface area contributed by atoms with Crippen molar-refractivity contribution in [3.05, 3.63) is 71.5 Å². The van der Waals surface area contributed by atoms with E-state index in [0.29, 0.717) is 10.7 Å². The molecule has 29 heavy (non-hydrogen) atoms. The summed E-state index contributed by atoms with van der Waals surface area (Å²) in [6.45, 7) is 3.44. The van der Waals surface area contributed by atoms with E-state index < -0.39 is 0 Å². The summed E-state index contributed by atoms with van der Waals surface area (Å²) in [4.78, 5) is 32.4. The van der Waals surface area contributed by atoms with Gasteiger partial charge in [0.2, 0.25) is 5.91 Å². The second kappa shape index (κ2) is 7.84. The van der Waals surface area contributed by atoms with Gasteiger partial charge in [0.25, 0.3) is 5.91 Å². The average molecular weight is 405 g/mol. The molecule has 0 fully saturated rings. The maximum atomic E-state index is 12.5. The molecule has 4 aromatic rings. The summed E-state index contributed by atoms with van der Waals surface area (Å²) in [5.41, 5.74) is 4.06. The number of amides is 2. The lowest BCUT2D eigenvalue weighted by Gasteiger charge is -2.13. The Kier molecular flexibility index (Phi) is 5.09. The summed E-state index contributed by atoms with van der Waals surface area (Å²) < 4.78 is 1.80. The molecule has 0 aliphatic rings. The van der Waals surface area contributed by atoms with Crippen LogP contribution < -0.4 is 10.6 Å². The Morgan fingerprint density at radius 3 is 2.69 bits per heavy atom. The zero-order chi connectivity index (χ0) is 20.4. The Morgan fingerprint density at radius 1 is 1.14 bits per heavy atom. The van der Waals surface area contributed by atoms with Crippen LogP contribution in [-0.2, 0) is 4.79 Å². The van der Waals surface area contributed by atoms with Gasteiger partial charge in [-0.1, -0.05) is 24.3 Å². The molecule has 0 spiro atoms. The molecule has 0 radical (unpaired) electrons. The van der Waals surface area contributed by atoms with Crippen molar-refractivity contribution in [1.29, 1.82) is 0 Å². The normalized spacial score (nSPS) is 11.9. The molecule has 0 saturated heterocycles. The third-order valence-corrected chi connectivity index (χ3v) is 5.26. The molecular weight excluding hydrogens is 386 g/mol. The van der Waals surface area contributed by atoms with Gasteiger partial charge < -0.3 is 9.72 Å². The van der Waals surface area contributed by atoms with Crippen LogP contribution in [0.25, 0.3) is 16.9 Å². The first-order chi connectivity index (χ1) is 14.0. The zero-order valence-electron chi connectivity index (χ0n) is 15.9. The number of carbonyl (C=O) groups excluding carboxylic acids is 2. The van der Waals surface area contributed by atoms with E-state index in [4.69, 9.17) is 0 Å². The van der Waals surface area contributed by atoms with Gasteiger partial charge in [0.15, 0.2) is 5.13 Å². The lowest BCUT2D eigenvalue weighted by molar-refractivity contribution is -0.119. The number of aromatic nitrogens is 3. The van der Waals surface area contributed by atoms with E-state index in [9.17, 15) is 9.59 Å². The van der Waals surface area contributed by atoms with E-state index in [0.717, 1.165) is 22.5 Å². The molecule has 1 aromatic carbocycles. The van der Waals surface area contributed by atoms with E-state index in [-0.39, 0.29) is 17.9 Å². The van der Waals surface area contributed by atoms with Gasteiger partial charge in [-0.3, -0.25) is 14.9 Å². The summed E-state index contributed by atoms with van der Waals surface area (Å²) in [5.74, 6) is -0.283. The Morgan fingerprint density at radius 2 is 1.93 bits per heavy atom. The molecule has 1 atom stereocenters. The molecule has 0 aliphatic carbocycles. The number of pyridine rings is 1. The van der Waals surface area contributed by atoms with E-state index in [2.05, 4.69) is 20.6 Å². The van der Waals surface area contributed by atoms with Crippen molar-refractivity contribution in [2.75, 3.05) is 5.32 Å². The third-order valence-electron chi connectivity index (χ3n) is 4.50. The number of hydrogen-bond acceptors (Lipinski definition) is 5. The lowest BCUT2D eigenvalue weighted by Crippen LogP contribution is -2.23. The number of nitrogens with one attached hydrogen (secondary N) is 2. The summed E-state index contributed by atoms with van der Waals surface area (Å²) in [6, 6.07) is 11.3. The molecule has 0 bridgehead atoms. The third kappa shape index (κ3) is 4.17. The second-order valence-electron chi connectivity index (χ2n) is 6.65. The highest BCUT2D eigenvalue weighted by Crippen LogP contribution is 2.26. The van der Waals surface area contributed by atoms with Gasteiger partial charge in [0.1, 0.15) is 5.65 Å². The van der Waals surface area contributed by atoms with Crippen molar-refractivity contribution in [2.24, 2.45) is 0 Å². The van der Waals surface area contributed by atoms with Crippen LogP contribution >= 0.6 is 11.3 Å². The number of thiazole rings is 1. The fourth-order valence-corrected chi connectivity index (χ4v) is 3.73. The highest BCUT2D eigenvalue weighted by Gasteiger charge is 2.12. The van der Waals surface area contributed by atoms with Gasteiger partial charge in [-0.2, -0.15) is 0 Å². The van der Waals surface area contributed by atoms with E-state index in [1.165, 1.54) is 18.3 Å². The second-order valence-corrected chi connectivity index (χ2v) is 7.50. The first-order valence-corrected chi connectivity index (χ1v) is 9.94. The van der Waals surface area contributed by atoms with Gasteiger partial charge in [-0.15, -0.1) is 11.3 Å². The zero-order valence-corrected chi connectivity index (χ0v) is 16.7. The fourth-order valence-electron chi connectivity index (χ4n) is 3.02. The fraction of sp³-hybridized carbons (Fsp3) is 0.143. The average Bonchev–Trinajstić information content (AvgIpc) is 3.36. The number of imidazole rings is 1. The molecule has 8 heteroatoms. The SMILES string of the molecule is CC(=O)NC(C)c1ccc(-c2csc(NC(=O)c3ccc4nccn4c3)n2)cc1. The first kappa shape index (κ1) is 18.8. The molecule has 2 amide bonds. The highest BCUT2D eigenvalue weighted by atomic mass is 32.1. The van der Waals surface area contributed by atoms with Gasteiger partial charge in [0.05, 0.1) is 17.3 Å². The van der Waals surface area contributed by atoms with Crippen LogP contribution in [0.5, 0.6) is 0 Å². The van der Waals surface area contributed by atoms with Crippen molar-refractivity contribution in [3.8, 4) is 11.3 Å². The van der Waals surface area contributed by atoms with Crippen molar-refractivity contribution in [3.63, 3.8) is 0 Å². The predicted octanol–water partition coefficient (Wildman–Crippen LogP) is 3.91. The number of fused-ring (bicyclic) bond motifs is 1. The Balaban J connectivity index is 1.46. The Hall–Kier alpha value is -3.52. The molecule has 3 heterocycles. The topological polar surface area (TPSA) is 88.4 Å². The van der Waals surface area contributed by atoms with Crippen molar-refractivity contribution in [2.45, 2.75) is 19.9 Å². The minimum absolute atomic E-state index is 0.0559.